The van der Waals surface area contributed by atoms with Crippen molar-refractivity contribution in [2.75, 3.05) is 26.2 Å². The number of hydrogen-bond donors (Lipinski definition) is 2. The van der Waals surface area contributed by atoms with Crippen molar-refractivity contribution in [2.24, 2.45) is 11.7 Å². The highest BCUT2D eigenvalue weighted by atomic mass is 35.5. The summed E-state index contributed by atoms with van der Waals surface area (Å²) in [4.78, 5) is 27.7. The summed E-state index contributed by atoms with van der Waals surface area (Å²) in [5.41, 5.74) is 5.47. The van der Waals surface area contributed by atoms with Gasteiger partial charge in [-0.1, -0.05) is 18.9 Å². The van der Waals surface area contributed by atoms with Gasteiger partial charge < -0.3 is 16.0 Å². The molecule has 1 fully saturated rings. The number of nitrogens with one attached hydrogen (secondary N) is 1. The lowest BCUT2D eigenvalue weighted by molar-refractivity contribution is -0.135. The van der Waals surface area contributed by atoms with Crippen LogP contribution in [0.3, 0.4) is 0 Å². The number of hydrogen-bond acceptors (Lipinski definition) is 4. The molecular weight excluding hydrogens is 370 g/mol. The van der Waals surface area contributed by atoms with Crippen LogP contribution < -0.4 is 11.1 Å². The van der Waals surface area contributed by atoms with Crippen LogP contribution in [-0.4, -0.2) is 42.9 Å². The van der Waals surface area contributed by atoms with Gasteiger partial charge in [-0.3, -0.25) is 9.59 Å². The number of nitrogens with two attached hydrogens (primary N) is 1. The third kappa shape index (κ3) is 8.06. The highest BCUT2D eigenvalue weighted by molar-refractivity contribution is 7.09. The summed E-state index contributed by atoms with van der Waals surface area (Å²) < 4.78 is 0. The van der Waals surface area contributed by atoms with Crippen molar-refractivity contribution in [2.45, 2.75) is 51.4 Å². The molecule has 2 heterocycles. The maximum absolute atomic E-state index is 12.3. The Balaban J connectivity index is 0.00000338. The van der Waals surface area contributed by atoms with Crippen molar-refractivity contribution in [1.29, 1.82) is 0 Å². The Morgan fingerprint density at radius 3 is 2.58 bits per heavy atom. The van der Waals surface area contributed by atoms with E-state index in [1.54, 1.807) is 11.3 Å². The van der Waals surface area contributed by atoms with Gasteiger partial charge in [0, 0.05) is 36.9 Å². The van der Waals surface area contributed by atoms with Crippen LogP contribution in [0.4, 0.5) is 0 Å². The lowest BCUT2D eigenvalue weighted by Gasteiger charge is -2.31. The second-order valence-electron chi connectivity index (χ2n) is 6.73. The molecule has 26 heavy (non-hydrogen) atoms. The number of piperidine rings is 1. The summed E-state index contributed by atoms with van der Waals surface area (Å²) in [5.74, 6) is 0.437. The van der Waals surface area contributed by atoms with Crippen molar-refractivity contribution in [3.63, 3.8) is 0 Å². The van der Waals surface area contributed by atoms with Crippen molar-refractivity contribution in [1.82, 2.24) is 10.2 Å². The van der Waals surface area contributed by atoms with Gasteiger partial charge in [0.25, 0.3) is 0 Å². The van der Waals surface area contributed by atoms with Crippen molar-refractivity contribution >= 4 is 35.6 Å². The van der Waals surface area contributed by atoms with E-state index >= 15 is 0 Å². The number of thiophene rings is 1. The third-order valence-electron chi connectivity index (χ3n) is 4.81. The molecule has 1 aliphatic rings. The molecule has 0 spiro atoms. The van der Waals surface area contributed by atoms with Crippen molar-refractivity contribution in [3.8, 4) is 0 Å². The molecule has 0 saturated carbocycles. The monoisotopic (exact) mass is 401 g/mol. The van der Waals surface area contributed by atoms with Gasteiger partial charge in [-0.05, 0) is 50.1 Å². The van der Waals surface area contributed by atoms with Crippen LogP contribution in [0.15, 0.2) is 17.5 Å². The summed E-state index contributed by atoms with van der Waals surface area (Å²) in [6, 6.07) is 4.13. The number of likely N-dealkylation sites (tertiary alicyclic amines) is 1. The first-order chi connectivity index (χ1) is 12.2. The zero-order chi connectivity index (χ0) is 17.9. The molecule has 3 N–H and O–H groups in total. The number of halogens is 1. The first-order valence-corrected chi connectivity index (χ1v) is 10.4. The van der Waals surface area contributed by atoms with Gasteiger partial charge in [0.2, 0.25) is 11.8 Å². The largest absolute Gasteiger partial charge is 0.355 e. The summed E-state index contributed by atoms with van der Waals surface area (Å²) in [5, 5.41) is 5.10. The van der Waals surface area contributed by atoms with E-state index < -0.39 is 0 Å². The molecule has 0 radical (unpaired) electrons. The molecule has 1 aromatic rings. The van der Waals surface area contributed by atoms with Crippen LogP contribution in [0, 0.1) is 5.92 Å². The standard InChI is InChI=1S/C19H31N3O2S.ClH/c20-11-4-2-1-3-7-18(23)22-13-9-16(10-14-22)19(24)21-12-8-17-6-5-15-25-17;/h5-6,15-16H,1-4,7-14,20H2,(H,21,24);1H. The Morgan fingerprint density at radius 1 is 1.19 bits per heavy atom. The second-order valence-corrected chi connectivity index (χ2v) is 7.76. The van der Waals surface area contributed by atoms with Gasteiger partial charge in [-0.15, -0.1) is 23.7 Å². The van der Waals surface area contributed by atoms with E-state index in [0.717, 1.165) is 51.5 Å². The Kier molecular flexibility index (Phi) is 11.6. The van der Waals surface area contributed by atoms with E-state index in [-0.39, 0.29) is 30.1 Å². The molecule has 0 aromatic carbocycles. The van der Waals surface area contributed by atoms with Crippen molar-refractivity contribution in [3.05, 3.63) is 22.4 Å². The minimum absolute atomic E-state index is 0. The van der Waals surface area contributed by atoms with Crippen molar-refractivity contribution < 1.29 is 9.59 Å². The Morgan fingerprint density at radius 2 is 1.92 bits per heavy atom. The topological polar surface area (TPSA) is 75.4 Å². The Labute approximate surface area is 167 Å². The van der Waals surface area contributed by atoms with Crippen LogP contribution in [0.25, 0.3) is 0 Å². The minimum atomic E-state index is 0. The van der Waals surface area contributed by atoms with Crippen LogP contribution in [0.1, 0.15) is 49.8 Å². The summed E-state index contributed by atoms with van der Waals surface area (Å²) in [6.07, 6.45) is 7.26. The first kappa shape index (κ1) is 22.9. The number of rotatable bonds is 10. The molecule has 7 heteroatoms. The van der Waals surface area contributed by atoms with Gasteiger partial charge in [-0.25, -0.2) is 0 Å². The zero-order valence-electron chi connectivity index (χ0n) is 15.5. The molecule has 1 aliphatic heterocycles. The van der Waals surface area contributed by atoms with E-state index in [0.29, 0.717) is 26.1 Å². The van der Waals surface area contributed by atoms with E-state index in [1.807, 2.05) is 11.0 Å². The molecule has 148 valence electrons. The van der Waals surface area contributed by atoms with Gasteiger partial charge in [0.05, 0.1) is 0 Å². The lowest BCUT2D eigenvalue weighted by atomic mass is 9.95. The van der Waals surface area contributed by atoms with E-state index in [9.17, 15) is 9.59 Å². The fourth-order valence-corrected chi connectivity index (χ4v) is 3.94. The minimum Gasteiger partial charge on any atom is -0.355 e. The summed E-state index contributed by atoms with van der Waals surface area (Å²) in [6.45, 7) is 2.85. The molecule has 2 amide bonds. The smallest absolute Gasteiger partial charge is 0.223 e. The Bertz CT molecular complexity index is 517. The number of unbranched alkanes of at least 4 members (excludes halogenated alkanes) is 3. The zero-order valence-corrected chi connectivity index (χ0v) is 17.1. The second kappa shape index (κ2) is 13.1. The van der Waals surface area contributed by atoms with Crippen LogP contribution in [0.2, 0.25) is 0 Å². The quantitative estimate of drug-likeness (QED) is 0.592. The predicted molar refractivity (Wildman–Crippen MR) is 110 cm³/mol. The van der Waals surface area contributed by atoms with Crippen LogP contribution in [0.5, 0.6) is 0 Å². The lowest BCUT2D eigenvalue weighted by Crippen LogP contribution is -2.43. The number of amides is 2. The van der Waals surface area contributed by atoms with E-state index in [2.05, 4.69) is 16.8 Å². The average Bonchev–Trinajstić information content (AvgIpc) is 3.15. The molecule has 0 aliphatic carbocycles. The fourth-order valence-electron chi connectivity index (χ4n) is 3.23. The molecule has 1 saturated heterocycles. The number of carbonyl (C=O) groups is 2. The fraction of sp³-hybridized carbons (Fsp3) is 0.684. The molecule has 0 unspecified atom stereocenters. The maximum atomic E-state index is 12.3. The maximum Gasteiger partial charge on any atom is 0.223 e. The summed E-state index contributed by atoms with van der Waals surface area (Å²) in [7, 11) is 0. The molecular formula is C19H32ClN3O2S. The molecule has 0 bridgehead atoms. The third-order valence-corrected chi connectivity index (χ3v) is 5.75. The highest BCUT2D eigenvalue weighted by Gasteiger charge is 2.26. The van der Waals surface area contributed by atoms with E-state index in [4.69, 9.17) is 5.73 Å². The van der Waals surface area contributed by atoms with Gasteiger partial charge >= 0.3 is 0 Å². The first-order valence-electron chi connectivity index (χ1n) is 9.48. The SMILES string of the molecule is Cl.NCCCCCCC(=O)N1CCC(C(=O)NCCc2cccs2)CC1. The Hall–Kier alpha value is -1.11. The number of carbonyl (C=O) groups excluding carboxylic acids is 2. The normalized spacial score (nSPS) is 14.7. The number of nitrogens with zero attached hydrogens (tertiary/aromatic N) is 1. The van der Waals surface area contributed by atoms with Gasteiger partial charge in [0.1, 0.15) is 0 Å². The summed E-state index contributed by atoms with van der Waals surface area (Å²) >= 11 is 1.72. The van der Waals surface area contributed by atoms with Gasteiger partial charge in [0.15, 0.2) is 0 Å². The van der Waals surface area contributed by atoms with Crippen LogP contribution >= 0.6 is 23.7 Å². The average molecular weight is 402 g/mol. The van der Waals surface area contributed by atoms with Crippen LogP contribution in [-0.2, 0) is 16.0 Å². The van der Waals surface area contributed by atoms with E-state index in [1.165, 1.54) is 4.88 Å². The molecule has 0 atom stereocenters. The predicted octanol–water partition coefficient (Wildman–Crippen LogP) is 2.98. The molecule has 5 nitrogen and oxygen atoms in total. The molecule has 1 aromatic heterocycles. The van der Waals surface area contributed by atoms with Gasteiger partial charge in [-0.2, -0.15) is 0 Å². The molecule has 2 rings (SSSR count). The highest BCUT2D eigenvalue weighted by Crippen LogP contribution is 2.19.